The van der Waals surface area contributed by atoms with Crippen molar-refractivity contribution < 1.29 is 14.6 Å². The van der Waals surface area contributed by atoms with Gasteiger partial charge in [0.05, 0.1) is 11.8 Å². The highest BCUT2D eigenvalue weighted by molar-refractivity contribution is 5.94. The highest BCUT2D eigenvalue weighted by atomic mass is 16.5. The SMILES string of the molecule is CCCOC1CCCN(c2cc(C)ncc2C(=O)O)C1. The van der Waals surface area contributed by atoms with Crippen molar-refractivity contribution in [2.45, 2.75) is 39.2 Å². The van der Waals surface area contributed by atoms with Crippen LogP contribution in [0, 0.1) is 6.92 Å². The molecule has 5 heteroatoms. The van der Waals surface area contributed by atoms with Crippen molar-refractivity contribution in [3.63, 3.8) is 0 Å². The van der Waals surface area contributed by atoms with E-state index in [1.54, 1.807) is 0 Å². The third-order valence-electron chi connectivity index (χ3n) is 3.53. The van der Waals surface area contributed by atoms with Crippen LogP contribution in [0.1, 0.15) is 42.2 Å². The standard InChI is InChI=1S/C15H22N2O3/c1-3-7-20-12-5-4-6-17(10-12)14-8-11(2)16-9-13(14)15(18)19/h8-9,12H,3-7,10H2,1-2H3,(H,18,19). The van der Waals surface area contributed by atoms with E-state index >= 15 is 0 Å². The topological polar surface area (TPSA) is 62.7 Å². The molecule has 0 aliphatic carbocycles. The Bertz CT molecular complexity index is 476. The molecule has 2 rings (SSSR count). The smallest absolute Gasteiger partial charge is 0.339 e. The summed E-state index contributed by atoms with van der Waals surface area (Å²) in [5, 5.41) is 9.30. The normalized spacial score (nSPS) is 19.1. The van der Waals surface area contributed by atoms with Gasteiger partial charge in [-0.25, -0.2) is 4.79 Å². The van der Waals surface area contributed by atoms with Gasteiger partial charge >= 0.3 is 5.97 Å². The van der Waals surface area contributed by atoms with Gasteiger partial charge in [-0.15, -0.1) is 0 Å². The van der Waals surface area contributed by atoms with Crippen LogP contribution in [0.3, 0.4) is 0 Å². The van der Waals surface area contributed by atoms with Gasteiger partial charge in [0.2, 0.25) is 0 Å². The average Bonchev–Trinajstić information content (AvgIpc) is 2.45. The molecule has 110 valence electrons. The summed E-state index contributed by atoms with van der Waals surface area (Å²) in [5.74, 6) is -0.927. The molecule has 1 aromatic rings. The van der Waals surface area contributed by atoms with E-state index < -0.39 is 5.97 Å². The van der Waals surface area contributed by atoms with Gasteiger partial charge in [-0.3, -0.25) is 4.98 Å². The number of pyridine rings is 1. The lowest BCUT2D eigenvalue weighted by Gasteiger charge is -2.35. The molecule has 2 heterocycles. The zero-order valence-corrected chi connectivity index (χ0v) is 12.1. The molecule has 0 saturated carbocycles. The van der Waals surface area contributed by atoms with Crippen molar-refractivity contribution >= 4 is 11.7 Å². The molecular formula is C15H22N2O3. The number of carboxylic acid groups (broad SMARTS) is 1. The Balaban J connectivity index is 2.17. The van der Waals surface area contributed by atoms with Gasteiger partial charge in [-0.05, 0) is 32.3 Å². The Labute approximate surface area is 119 Å². The summed E-state index contributed by atoms with van der Waals surface area (Å²) >= 11 is 0. The van der Waals surface area contributed by atoms with Crippen LogP contribution in [0.15, 0.2) is 12.3 Å². The maximum Gasteiger partial charge on any atom is 0.339 e. The van der Waals surface area contributed by atoms with Gasteiger partial charge in [0.15, 0.2) is 0 Å². The largest absolute Gasteiger partial charge is 0.478 e. The summed E-state index contributed by atoms with van der Waals surface area (Å²) < 4.78 is 5.81. The Morgan fingerprint density at radius 1 is 1.60 bits per heavy atom. The number of nitrogens with zero attached hydrogens (tertiary/aromatic N) is 2. The van der Waals surface area contributed by atoms with E-state index in [1.165, 1.54) is 6.20 Å². The fraction of sp³-hybridized carbons (Fsp3) is 0.600. The fourth-order valence-corrected chi connectivity index (χ4v) is 2.55. The minimum atomic E-state index is -0.927. The maximum atomic E-state index is 11.3. The number of piperidine rings is 1. The summed E-state index contributed by atoms with van der Waals surface area (Å²) in [5.41, 5.74) is 1.86. The zero-order chi connectivity index (χ0) is 14.5. The van der Waals surface area contributed by atoms with E-state index in [4.69, 9.17) is 4.74 Å². The van der Waals surface area contributed by atoms with Gasteiger partial charge < -0.3 is 14.7 Å². The second kappa shape index (κ2) is 6.70. The molecule has 1 N–H and O–H groups in total. The number of hydrogen-bond donors (Lipinski definition) is 1. The van der Waals surface area contributed by atoms with E-state index in [9.17, 15) is 9.90 Å². The lowest BCUT2D eigenvalue weighted by Crippen LogP contribution is -2.40. The molecule has 0 bridgehead atoms. The molecule has 1 fully saturated rings. The molecule has 20 heavy (non-hydrogen) atoms. The lowest BCUT2D eigenvalue weighted by molar-refractivity contribution is 0.0439. The molecule has 1 atom stereocenters. The molecule has 1 saturated heterocycles. The van der Waals surface area contributed by atoms with Crippen LogP contribution in [-0.2, 0) is 4.74 Å². The van der Waals surface area contributed by atoms with E-state index in [0.717, 1.165) is 50.3 Å². The molecule has 0 radical (unpaired) electrons. The second-order valence-electron chi connectivity index (χ2n) is 5.23. The average molecular weight is 278 g/mol. The van der Waals surface area contributed by atoms with Gasteiger partial charge in [-0.1, -0.05) is 6.92 Å². The first-order chi connectivity index (χ1) is 9.61. The van der Waals surface area contributed by atoms with Gasteiger partial charge in [0.25, 0.3) is 0 Å². The van der Waals surface area contributed by atoms with Gasteiger partial charge in [-0.2, -0.15) is 0 Å². The quantitative estimate of drug-likeness (QED) is 0.896. The van der Waals surface area contributed by atoms with Crippen molar-refractivity contribution in [1.29, 1.82) is 0 Å². The number of aromatic nitrogens is 1. The van der Waals surface area contributed by atoms with Crippen molar-refractivity contribution in [1.82, 2.24) is 4.98 Å². The minimum Gasteiger partial charge on any atom is -0.478 e. The van der Waals surface area contributed by atoms with E-state index in [1.807, 2.05) is 13.0 Å². The van der Waals surface area contributed by atoms with Crippen molar-refractivity contribution in [3.8, 4) is 0 Å². The van der Waals surface area contributed by atoms with Crippen LogP contribution in [0.25, 0.3) is 0 Å². The maximum absolute atomic E-state index is 11.3. The highest BCUT2D eigenvalue weighted by Crippen LogP contribution is 2.25. The predicted molar refractivity (Wildman–Crippen MR) is 77.4 cm³/mol. The summed E-state index contributed by atoms with van der Waals surface area (Å²) in [7, 11) is 0. The van der Waals surface area contributed by atoms with E-state index in [0.29, 0.717) is 0 Å². The minimum absolute atomic E-state index is 0.193. The lowest BCUT2D eigenvalue weighted by atomic mass is 10.1. The van der Waals surface area contributed by atoms with Crippen LogP contribution in [-0.4, -0.2) is 41.9 Å². The molecule has 1 aliphatic heterocycles. The Morgan fingerprint density at radius 2 is 2.40 bits per heavy atom. The molecule has 1 unspecified atom stereocenters. The number of aryl methyl sites for hydroxylation is 1. The Kier molecular flexibility index (Phi) is 4.95. The molecule has 0 aromatic carbocycles. The molecule has 0 spiro atoms. The molecule has 1 aliphatic rings. The number of rotatable bonds is 5. The summed E-state index contributed by atoms with van der Waals surface area (Å²) in [4.78, 5) is 17.5. The summed E-state index contributed by atoms with van der Waals surface area (Å²) in [6.45, 7) is 6.36. The highest BCUT2D eigenvalue weighted by Gasteiger charge is 2.24. The van der Waals surface area contributed by atoms with Crippen LogP contribution < -0.4 is 4.90 Å². The number of anilines is 1. The zero-order valence-electron chi connectivity index (χ0n) is 12.1. The van der Waals surface area contributed by atoms with Crippen LogP contribution in [0.4, 0.5) is 5.69 Å². The first-order valence-electron chi connectivity index (χ1n) is 7.18. The third-order valence-corrected chi connectivity index (χ3v) is 3.53. The van der Waals surface area contributed by atoms with Crippen LogP contribution in [0.5, 0.6) is 0 Å². The molecule has 5 nitrogen and oxygen atoms in total. The van der Waals surface area contributed by atoms with Crippen molar-refractivity contribution in [2.75, 3.05) is 24.6 Å². The first-order valence-corrected chi connectivity index (χ1v) is 7.18. The number of hydrogen-bond acceptors (Lipinski definition) is 4. The molecule has 0 amide bonds. The van der Waals surface area contributed by atoms with Crippen LogP contribution >= 0.6 is 0 Å². The second-order valence-corrected chi connectivity index (χ2v) is 5.23. The number of aromatic carboxylic acids is 1. The molecule has 1 aromatic heterocycles. The first kappa shape index (κ1) is 14.8. The number of carbonyl (C=O) groups is 1. The van der Waals surface area contributed by atoms with Gasteiger partial charge in [0.1, 0.15) is 5.56 Å². The Morgan fingerprint density at radius 3 is 3.10 bits per heavy atom. The van der Waals surface area contributed by atoms with Crippen LogP contribution in [0.2, 0.25) is 0 Å². The predicted octanol–water partition coefficient (Wildman–Crippen LogP) is 2.48. The Hall–Kier alpha value is -1.62. The number of carboxylic acids is 1. The number of ether oxygens (including phenoxy) is 1. The monoisotopic (exact) mass is 278 g/mol. The van der Waals surface area contributed by atoms with Crippen molar-refractivity contribution in [3.05, 3.63) is 23.5 Å². The fourth-order valence-electron chi connectivity index (χ4n) is 2.55. The van der Waals surface area contributed by atoms with E-state index in [-0.39, 0.29) is 11.7 Å². The summed E-state index contributed by atoms with van der Waals surface area (Å²) in [6, 6.07) is 1.85. The van der Waals surface area contributed by atoms with E-state index in [2.05, 4.69) is 16.8 Å². The van der Waals surface area contributed by atoms with Crippen molar-refractivity contribution in [2.24, 2.45) is 0 Å². The molecular weight excluding hydrogens is 256 g/mol. The third kappa shape index (κ3) is 3.48. The van der Waals surface area contributed by atoms with Gasteiger partial charge in [0, 0.05) is 31.6 Å². The summed E-state index contributed by atoms with van der Waals surface area (Å²) in [6.07, 6.45) is 4.71.